The van der Waals surface area contributed by atoms with Crippen molar-refractivity contribution in [2.24, 2.45) is 13.0 Å². The van der Waals surface area contributed by atoms with Gasteiger partial charge < -0.3 is 10.1 Å². The first-order chi connectivity index (χ1) is 14.3. The monoisotopic (exact) mass is 412 g/mol. The minimum atomic E-state index is -1.04. The standard InChI is InChI=1S/C21H24N4O5/c1-5-30-21(29)15-11-22-24(4)17(15)23-18(26)16(10-12(2)3)25-19(27)13-8-6-7-9-14(13)20(25)28/h6-9,11-12,16H,5,10H2,1-4H3,(H,23,26)/t16-/m0/s1. The van der Waals surface area contributed by atoms with E-state index in [4.69, 9.17) is 4.74 Å². The minimum absolute atomic E-state index is 0.0288. The molecule has 0 fully saturated rings. The van der Waals surface area contributed by atoms with E-state index < -0.39 is 29.7 Å². The molecule has 9 nitrogen and oxygen atoms in total. The van der Waals surface area contributed by atoms with Gasteiger partial charge in [-0.05, 0) is 31.4 Å². The van der Waals surface area contributed by atoms with Crippen molar-refractivity contribution in [2.45, 2.75) is 33.2 Å². The van der Waals surface area contributed by atoms with Gasteiger partial charge >= 0.3 is 5.97 Å². The van der Waals surface area contributed by atoms with Crippen molar-refractivity contribution in [1.82, 2.24) is 14.7 Å². The number of nitrogens with zero attached hydrogens (tertiary/aromatic N) is 3. The second-order valence-electron chi connectivity index (χ2n) is 7.41. The van der Waals surface area contributed by atoms with Gasteiger partial charge in [0, 0.05) is 7.05 Å². The number of hydrogen-bond donors (Lipinski definition) is 1. The first-order valence-corrected chi connectivity index (χ1v) is 9.73. The number of carbonyl (C=O) groups excluding carboxylic acids is 4. The molecule has 3 amide bonds. The first kappa shape index (κ1) is 21.2. The largest absolute Gasteiger partial charge is 0.462 e. The molecule has 1 aliphatic rings. The molecule has 0 saturated heterocycles. The second-order valence-corrected chi connectivity index (χ2v) is 7.41. The van der Waals surface area contributed by atoms with Gasteiger partial charge in [0.1, 0.15) is 17.4 Å². The van der Waals surface area contributed by atoms with Crippen LogP contribution in [0.2, 0.25) is 0 Å². The maximum Gasteiger partial charge on any atom is 0.343 e. The van der Waals surface area contributed by atoms with Crippen LogP contribution in [0.4, 0.5) is 5.82 Å². The quantitative estimate of drug-likeness (QED) is 0.552. The molecule has 1 atom stereocenters. The Kier molecular flexibility index (Phi) is 6.00. The molecule has 9 heteroatoms. The van der Waals surface area contributed by atoms with Crippen LogP contribution < -0.4 is 5.32 Å². The van der Waals surface area contributed by atoms with Crippen LogP contribution in [-0.4, -0.2) is 51.0 Å². The Balaban J connectivity index is 1.92. The molecule has 0 saturated carbocycles. The number of hydrogen-bond acceptors (Lipinski definition) is 6. The van der Waals surface area contributed by atoms with E-state index >= 15 is 0 Å². The number of esters is 1. The average molecular weight is 412 g/mol. The number of aromatic nitrogens is 2. The van der Waals surface area contributed by atoms with Crippen molar-refractivity contribution < 1.29 is 23.9 Å². The molecule has 2 aromatic rings. The fourth-order valence-electron chi connectivity index (χ4n) is 3.41. The number of ether oxygens (including phenoxy) is 1. The van der Waals surface area contributed by atoms with E-state index in [9.17, 15) is 19.2 Å². The van der Waals surface area contributed by atoms with Crippen molar-refractivity contribution in [3.8, 4) is 0 Å². The summed E-state index contributed by atoms with van der Waals surface area (Å²) in [4.78, 5) is 52.2. The number of rotatable bonds is 7. The highest BCUT2D eigenvalue weighted by Gasteiger charge is 2.43. The van der Waals surface area contributed by atoms with E-state index in [-0.39, 0.29) is 41.5 Å². The third-order valence-corrected chi connectivity index (χ3v) is 4.81. The van der Waals surface area contributed by atoms with Crippen molar-refractivity contribution >= 4 is 29.5 Å². The topological polar surface area (TPSA) is 111 Å². The molecule has 3 rings (SSSR count). The zero-order valence-electron chi connectivity index (χ0n) is 17.3. The maximum absolute atomic E-state index is 13.2. The summed E-state index contributed by atoms with van der Waals surface area (Å²) in [5.74, 6) is -2.04. The molecule has 0 unspecified atom stereocenters. The Hall–Kier alpha value is -3.49. The lowest BCUT2D eigenvalue weighted by atomic mass is 10.0. The Labute approximate surface area is 174 Å². The predicted octanol–water partition coefficient (Wildman–Crippen LogP) is 2.25. The number of aryl methyl sites for hydroxylation is 1. The molecule has 2 heterocycles. The molecule has 1 aromatic heterocycles. The molecule has 0 aliphatic carbocycles. The number of benzene rings is 1. The van der Waals surface area contributed by atoms with Crippen LogP contribution in [-0.2, 0) is 16.6 Å². The normalized spacial score (nSPS) is 14.1. The molecule has 30 heavy (non-hydrogen) atoms. The van der Waals surface area contributed by atoms with Gasteiger partial charge in [0.05, 0.1) is 23.9 Å². The summed E-state index contributed by atoms with van der Waals surface area (Å²) >= 11 is 0. The number of fused-ring (bicyclic) bond motifs is 1. The lowest BCUT2D eigenvalue weighted by Crippen LogP contribution is -2.48. The number of carbonyl (C=O) groups is 4. The Bertz CT molecular complexity index is 976. The van der Waals surface area contributed by atoms with Gasteiger partial charge in [0.2, 0.25) is 5.91 Å². The van der Waals surface area contributed by atoms with E-state index in [2.05, 4.69) is 10.4 Å². The Morgan fingerprint density at radius 2 is 1.73 bits per heavy atom. The summed E-state index contributed by atoms with van der Waals surface area (Å²) in [6.45, 7) is 5.64. The van der Waals surface area contributed by atoms with E-state index in [0.29, 0.717) is 0 Å². The fourth-order valence-corrected chi connectivity index (χ4v) is 3.41. The zero-order valence-corrected chi connectivity index (χ0v) is 17.3. The lowest BCUT2D eigenvalue weighted by molar-refractivity contribution is -0.120. The molecule has 0 bridgehead atoms. The van der Waals surface area contributed by atoms with Crippen molar-refractivity contribution in [3.63, 3.8) is 0 Å². The lowest BCUT2D eigenvalue weighted by Gasteiger charge is -2.26. The van der Waals surface area contributed by atoms with Crippen LogP contribution in [0.3, 0.4) is 0 Å². The third kappa shape index (κ3) is 3.83. The molecule has 0 spiro atoms. The molecular weight excluding hydrogens is 388 g/mol. The summed E-state index contributed by atoms with van der Waals surface area (Å²) in [6, 6.07) is 5.44. The second kappa shape index (κ2) is 8.48. The molecule has 1 aliphatic heterocycles. The van der Waals surface area contributed by atoms with E-state index in [1.165, 1.54) is 10.9 Å². The van der Waals surface area contributed by atoms with Crippen LogP contribution in [0.5, 0.6) is 0 Å². The summed E-state index contributed by atoms with van der Waals surface area (Å²) in [5, 5.41) is 6.67. The van der Waals surface area contributed by atoms with Crippen LogP contribution >= 0.6 is 0 Å². The highest BCUT2D eigenvalue weighted by atomic mass is 16.5. The van der Waals surface area contributed by atoms with Crippen LogP contribution in [0.15, 0.2) is 30.5 Å². The molecule has 1 N–H and O–H groups in total. The van der Waals surface area contributed by atoms with Crippen LogP contribution in [0.25, 0.3) is 0 Å². The fraction of sp³-hybridized carbons (Fsp3) is 0.381. The van der Waals surface area contributed by atoms with Gasteiger partial charge in [0.25, 0.3) is 11.8 Å². The van der Waals surface area contributed by atoms with Crippen LogP contribution in [0.1, 0.15) is 58.3 Å². The molecule has 1 aromatic carbocycles. The summed E-state index contributed by atoms with van der Waals surface area (Å²) in [7, 11) is 1.57. The minimum Gasteiger partial charge on any atom is -0.462 e. The van der Waals surface area contributed by atoms with Crippen LogP contribution in [0, 0.1) is 5.92 Å². The van der Waals surface area contributed by atoms with Crippen molar-refractivity contribution in [2.75, 3.05) is 11.9 Å². The van der Waals surface area contributed by atoms with Gasteiger partial charge in [0.15, 0.2) is 0 Å². The van der Waals surface area contributed by atoms with Gasteiger partial charge in [-0.15, -0.1) is 0 Å². The Morgan fingerprint density at radius 3 is 2.27 bits per heavy atom. The van der Waals surface area contributed by atoms with Gasteiger partial charge in [-0.1, -0.05) is 26.0 Å². The Morgan fingerprint density at radius 1 is 1.13 bits per heavy atom. The highest BCUT2D eigenvalue weighted by molar-refractivity contribution is 6.23. The number of imide groups is 1. The first-order valence-electron chi connectivity index (χ1n) is 9.73. The average Bonchev–Trinajstić information content (AvgIpc) is 3.18. The van der Waals surface area contributed by atoms with E-state index in [1.54, 1.807) is 38.2 Å². The molecular formula is C21H24N4O5. The summed E-state index contributed by atoms with van der Waals surface area (Å²) < 4.78 is 6.33. The smallest absolute Gasteiger partial charge is 0.343 e. The highest BCUT2D eigenvalue weighted by Crippen LogP contribution is 2.28. The summed E-state index contributed by atoms with van der Waals surface area (Å²) in [5.41, 5.74) is 0.645. The number of nitrogens with one attached hydrogen (secondary N) is 1. The molecule has 0 radical (unpaired) electrons. The van der Waals surface area contributed by atoms with Crippen molar-refractivity contribution in [1.29, 1.82) is 0 Å². The summed E-state index contributed by atoms with van der Waals surface area (Å²) in [6.07, 6.45) is 1.57. The maximum atomic E-state index is 13.2. The van der Waals surface area contributed by atoms with E-state index in [1.807, 2.05) is 13.8 Å². The number of anilines is 1. The molecule has 158 valence electrons. The number of amides is 3. The zero-order chi connectivity index (χ0) is 22.0. The van der Waals surface area contributed by atoms with Gasteiger partial charge in [-0.3, -0.25) is 24.0 Å². The SMILES string of the molecule is CCOC(=O)c1cnn(C)c1NC(=O)[C@H](CC(C)C)N1C(=O)c2ccccc2C1=O. The predicted molar refractivity (Wildman–Crippen MR) is 108 cm³/mol. The van der Waals surface area contributed by atoms with Gasteiger partial charge in [-0.2, -0.15) is 5.10 Å². The third-order valence-electron chi connectivity index (χ3n) is 4.81. The van der Waals surface area contributed by atoms with Crippen molar-refractivity contribution in [3.05, 3.63) is 47.2 Å². The van der Waals surface area contributed by atoms with E-state index in [0.717, 1.165) is 4.90 Å². The van der Waals surface area contributed by atoms with Gasteiger partial charge in [-0.25, -0.2) is 4.79 Å².